The fraction of sp³-hybridized carbons (Fsp3) is 1.00. The Bertz CT molecular complexity index is 237. The van der Waals surface area contributed by atoms with Gasteiger partial charge in [0.1, 0.15) is 0 Å². The molecule has 1 heterocycles. The zero-order chi connectivity index (χ0) is 13.4. The summed E-state index contributed by atoms with van der Waals surface area (Å²) >= 11 is 34.3. The molecule has 0 aliphatic carbocycles. The van der Waals surface area contributed by atoms with Crippen LogP contribution in [0.5, 0.6) is 0 Å². The highest BCUT2D eigenvalue weighted by Crippen LogP contribution is 2.41. The van der Waals surface area contributed by atoms with Gasteiger partial charge in [0.05, 0.1) is 12.2 Å². The first-order valence-electron chi connectivity index (χ1n) is 4.61. The summed E-state index contributed by atoms with van der Waals surface area (Å²) in [5.41, 5.74) is 0. The van der Waals surface area contributed by atoms with Gasteiger partial charge in [-0.15, -0.1) is 0 Å². The summed E-state index contributed by atoms with van der Waals surface area (Å²) in [6.45, 7) is 3.47. The average molecular weight is 367 g/mol. The predicted octanol–water partition coefficient (Wildman–Crippen LogP) is 4.22. The highest BCUT2D eigenvalue weighted by molar-refractivity contribution is 6.68. The van der Waals surface area contributed by atoms with Crippen LogP contribution in [0.3, 0.4) is 0 Å². The lowest BCUT2D eigenvalue weighted by molar-refractivity contribution is -0.208. The first kappa shape index (κ1) is 16.7. The quantitative estimate of drug-likeness (QED) is 0.601. The predicted molar refractivity (Wildman–Crippen MR) is 70.3 cm³/mol. The van der Waals surface area contributed by atoms with Crippen LogP contribution in [0.15, 0.2) is 0 Å². The monoisotopic (exact) mass is 364 g/mol. The molecule has 0 aromatic rings. The zero-order valence-corrected chi connectivity index (χ0v) is 13.3. The van der Waals surface area contributed by atoms with Gasteiger partial charge >= 0.3 is 0 Å². The molecular formula is C8H10Cl6O3. The van der Waals surface area contributed by atoms with Crippen LogP contribution in [0.2, 0.25) is 0 Å². The lowest BCUT2D eigenvalue weighted by Crippen LogP contribution is -2.39. The number of hydrogen-bond acceptors (Lipinski definition) is 3. The molecule has 4 atom stereocenters. The van der Waals surface area contributed by atoms with Crippen molar-refractivity contribution in [1.82, 2.24) is 0 Å². The van der Waals surface area contributed by atoms with Gasteiger partial charge in [-0.2, -0.15) is 0 Å². The maximum Gasteiger partial charge on any atom is 0.241 e. The van der Waals surface area contributed by atoms with Gasteiger partial charge in [-0.25, -0.2) is 0 Å². The van der Waals surface area contributed by atoms with Crippen molar-refractivity contribution in [3.05, 3.63) is 0 Å². The van der Waals surface area contributed by atoms with E-state index in [1.165, 1.54) is 0 Å². The summed E-state index contributed by atoms with van der Waals surface area (Å²) in [7, 11) is 0. The molecule has 1 fully saturated rings. The maximum atomic E-state index is 5.71. The van der Waals surface area contributed by atoms with Gasteiger partial charge in [0.25, 0.3) is 0 Å². The molecule has 17 heavy (non-hydrogen) atoms. The van der Waals surface area contributed by atoms with Gasteiger partial charge in [-0.3, -0.25) is 0 Å². The van der Waals surface area contributed by atoms with E-state index in [1.807, 2.05) is 0 Å². The Morgan fingerprint density at radius 3 is 1.18 bits per heavy atom. The van der Waals surface area contributed by atoms with Gasteiger partial charge in [-0.05, 0) is 13.8 Å². The average Bonchev–Trinajstić information content (AvgIpc) is 2.25. The fourth-order valence-electron chi connectivity index (χ4n) is 1.10. The summed E-state index contributed by atoms with van der Waals surface area (Å²) in [6.07, 6.45) is -3.14. The molecule has 0 saturated carbocycles. The minimum atomic E-state index is -1.81. The SMILES string of the molecule is CC1OC(C(Cl)(Cl)Cl)OC(C(Cl)(Cl)Cl)OC1C. The second-order valence-electron chi connectivity index (χ2n) is 3.57. The van der Waals surface area contributed by atoms with E-state index in [0.717, 1.165) is 0 Å². The molecule has 0 amide bonds. The van der Waals surface area contributed by atoms with Crippen LogP contribution >= 0.6 is 69.6 Å². The zero-order valence-electron chi connectivity index (χ0n) is 8.80. The first-order valence-corrected chi connectivity index (χ1v) is 6.88. The lowest BCUT2D eigenvalue weighted by atomic mass is 10.2. The van der Waals surface area contributed by atoms with Gasteiger partial charge < -0.3 is 14.2 Å². The fourth-order valence-corrected chi connectivity index (χ4v) is 1.71. The Morgan fingerprint density at radius 2 is 0.941 bits per heavy atom. The molecule has 0 aromatic carbocycles. The van der Waals surface area contributed by atoms with Gasteiger partial charge in [0, 0.05) is 0 Å². The third-order valence-corrected chi connectivity index (χ3v) is 3.19. The molecule has 1 aliphatic rings. The van der Waals surface area contributed by atoms with Crippen LogP contribution in [-0.4, -0.2) is 32.4 Å². The number of rotatable bonds is 0. The van der Waals surface area contributed by atoms with Crippen molar-refractivity contribution < 1.29 is 14.2 Å². The van der Waals surface area contributed by atoms with Crippen LogP contribution in [0.1, 0.15) is 13.8 Å². The summed E-state index contributed by atoms with van der Waals surface area (Å²) in [4.78, 5) is 0. The van der Waals surface area contributed by atoms with Crippen LogP contribution in [0, 0.1) is 0 Å². The smallest absolute Gasteiger partial charge is 0.241 e. The normalized spacial score (nSPS) is 36.7. The molecule has 0 bridgehead atoms. The maximum absolute atomic E-state index is 5.71. The highest BCUT2D eigenvalue weighted by atomic mass is 35.6. The Balaban J connectivity index is 2.90. The molecule has 1 rings (SSSR count). The molecule has 9 heteroatoms. The van der Waals surface area contributed by atoms with E-state index >= 15 is 0 Å². The standard InChI is InChI=1S/C8H10Cl6O3/c1-3-4(2)16-6(8(12,13)14)17-5(15-3)7(9,10)11/h3-6H,1-2H3. The van der Waals surface area contributed by atoms with Gasteiger partial charge in [0.15, 0.2) is 0 Å². The van der Waals surface area contributed by atoms with Crippen molar-refractivity contribution in [2.45, 2.75) is 46.2 Å². The van der Waals surface area contributed by atoms with E-state index in [-0.39, 0.29) is 12.2 Å². The van der Waals surface area contributed by atoms with E-state index in [2.05, 4.69) is 0 Å². The van der Waals surface area contributed by atoms with Crippen molar-refractivity contribution >= 4 is 69.6 Å². The largest absolute Gasteiger partial charge is 0.343 e. The number of hydrogen-bond donors (Lipinski definition) is 0. The highest BCUT2D eigenvalue weighted by Gasteiger charge is 2.47. The van der Waals surface area contributed by atoms with Gasteiger partial charge in [0.2, 0.25) is 20.2 Å². The molecule has 1 saturated heterocycles. The second-order valence-corrected chi connectivity index (χ2v) is 8.30. The van der Waals surface area contributed by atoms with E-state index in [1.54, 1.807) is 13.8 Å². The number of alkyl halides is 6. The van der Waals surface area contributed by atoms with Crippen molar-refractivity contribution in [2.75, 3.05) is 0 Å². The molecule has 1 aliphatic heterocycles. The Hall–Kier alpha value is 1.62. The van der Waals surface area contributed by atoms with Crippen LogP contribution in [0.25, 0.3) is 0 Å². The number of ether oxygens (including phenoxy) is 3. The summed E-state index contributed by atoms with van der Waals surface area (Å²) in [6, 6.07) is 0. The Kier molecular flexibility index (Phi) is 5.83. The molecule has 0 N–H and O–H groups in total. The van der Waals surface area contributed by atoms with E-state index in [4.69, 9.17) is 83.8 Å². The molecule has 3 nitrogen and oxygen atoms in total. The van der Waals surface area contributed by atoms with E-state index in [0.29, 0.717) is 0 Å². The summed E-state index contributed by atoms with van der Waals surface area (Å²) < 4.78 is 12.4. The Morgan fingerprint density at radius 1 is 0.647 bits per heavy atom. The molecule has 0 aromatic heterocycles. The molecular weight excluding hydrogens is 357 g/mol. The van der Waals surface area contributed by atoms with Crippen molar-refractivity contribution in [3.63, 3.8) is 0 Å². The van der Waals surface area contributed by atoms with Crippen molar-refractivity contribution in [1.29, 1.82) is 0 Å². The van der Waals surface area contributed by atoms with Crippen LogP contribution < -0.4 is 0 Å². The summed E-state index contributed by atoms with van der Waals surface area (Å²) in [5.74, 6) is 0. The molecule has 0 radical (unpaired) electrons. The molecule has 0 spiro atoms. The minimum absolute atomic E-state index is 0.382. The summed E-state index contributed by atoms with van der Waals surface area (Å²) in [5, 5.41) is 0. The minimum Gasteiger partial charge on any atom is -0.343 e. The molecule has 4 unspecified atom stereocenters. The lowest BCUT2D eigenvalue weighted by Gasteiger charge is -2.29. The first-order chi connectivity index (χ1) is 7.51. The van der Waals surface area contributed by atoms with Gasteiger partial charge in [-0.1, -0.05) is 69.6 Å². The van der Waals surface area contributed by atoms with Crippen molar-refractivity contribution in [3.8, 4) is 0 Å². The second kappa shape index (κ2) is 5.94. The third-order valence-electron chi connectivity index (χ3n) is 2.12. The van der Waals surface area contributed by atoms with Crippen LogP contribution in [-0.2, 0) is 14.2 Å². The molecule has 102 valence electrons. The van der Waals surface area contributed by atoms with E-state index < -0.39 is 20.2 Å². The topological polar surface area (TPSA) is 27.7 Å². The van der Waals surface area contributed by atoms with Crippen LogP contribution in [0.4, 0.5) is 0 Å². The Labute approximate surface area is 129 Å². The number of halogens is 6. The van der Waals surface area contributed by atoms with E-state index in [9.17, 15) is 0 Å². The van der Waals surface area contributed by atoms with Crippen molar-refractivity contribution in [2.24, 2.45) is 0 Å². The third kappa shape index (κ3) is 4.90.